The topological polar surface area (TPSA) is 50.4 Å². The zero-order chi connectivity index (χ0) is 13.0. The Balaban J connectivity index is 2.25. The highest BCUT2D eigenvalue weighted by molar-refractivity contribution is 9.09. The Morgan fingerprint density at radius 2 is 1.94 bits per heavy atom. The number of carboxylic acids is 1. The summed E-state index contributed by atoms with van der Waals surface area (Å²) in [4.78, 5) is 10.7. The smallest absolute Gasteiger partial charge is 0.371 e. The molecule has 0 spiro atoms. The first kappa shape index (κ1) is 12.5. The number of alkyl halides is 1. The molecule has 0 bridgehead atoms. The van der Waals surface area contributed by atoms with Gasteiger partial charge in [-0.15, -0.1) is 0 Å². The first-order valence-corrected chi connectivity index (χ1v) is 6.31. The van der Waals surface area contributed by atoms with E-state index in [2.05, 4.69) is 27.8 Å². The number of carboxylic acid groups (broad SMARTS) is 1. The van der Waals surface area contributed by atoms with Gasteiger partial charge in [-0.25, -0.2) is 4.79 Å². The van der Waals surface area contributed by atoms with Gasteiger partial charge in [-0.3, -0.25) is 0 Å². The number of hydrogen-bond donors (Lipinski definition) is 1. The standard InChI is InChI=1S/C14H9BrO3/c15-9-1-2-10-3-5-11(6-4-10)12-7-8-13(18-12)14(16)17/h3-8H,9H2,(H,16,17). The molecule has 0 radical (unpaired) electrons. The number of furan rings is 1. The normalized spacial score (nSPS) is 9.61. The van der Waals surface area contributed by atoms with Crippen molar-refractivity contribution < 1.29 is 14.3 Å². The van der Waals surface area contributed by atoms with Crippen LogP contribution in [0.3, 0.4) is 0 Å². The van der Waals surface area contributed by atoms with Crippen LogP contribution in [0.15, 0.2) is 40.8 Å². The number of hydrogen-bond acceptors (Lipinski definition) is 2. The van der Waals surface area contributed by atoms with Crippen molar-refractivity contribution in [3.8, 4) is 23.2 Å². The van der Waals surface area contributed by atoms with Gasteiger partial charge in [0.25, 0.3) is 0 Å². The molecule has 2 rings (SSSR count). The summed E-state index contributed by atoms with van der Waals surface area (Å²) in [5.74, 6) is 5.29. The summed E-state index contributed by atoms with van der Waals surface area (Å²) in [7, 11) is 0. The Hall–Kier alpha value is -1.99. The zero-order valence-electron chi connectivity index (χ0n) is 9.31. The summed E-state index contributed by atoms with van der Waals surface area (Å²) in [6.45, 7) is 0. The van der Waals surface area contributed by atoms with E-state index in [0.717, 1.165) is 11.1 Å². The molecule has 0 amide bonds. The highest BCUT2D eigenvalue weighted by Gasteiger charge is 2.09. The fourth-order valence-electron chi connectivity index (χ4n) is 1.46. The highest BCUT2D eigenvalue weighted by atomic mass is 79.9. The van der Waals surface area contributed by atoms with Crippen molar-refractivity contribution in [1.29, 1.82) is 0 Å². The number of carbonyl (C=O) groups is 1. The summed E-state index contributed by atoms with van der Waals surface area (Å²) in [6.07, 6.45) is 0. The fraction of sp³-hybridized carbons (Fsp3) is 0.0714. The van der Waals surface area contributed by atoms with Crippen LogP contribution in [0.1, 0.15) is 16.1 Å². The van der Waals surface area contributed by atoms with Crippen molar-refractivity contribution in [2.75, 3.05) is 5.33 Å². The SMILES string of the molecule is O=C(O)c1ccc(-c2ccc(C#CCBr)cc2)o1. The Labute approximate surface area is 113 Å². The van der Waals surface area contributed by atoms with Gasteiger partial charge in [-0.1, -0.05) is 39.9 Å². The summed E-state index contributed by atoms with van der Waals surface area (Å²) in [6, 6.07) is 10.5. The third kappa shape index (κ3) is 2.82. The van der Waals surface area contributed by atoms with Crippen LogP contribution in [0.5, 0.6) is 0 Å². The van der Waals surface area contributed by atoms with Gasteiger partial charge in [0, 0.05) is 11.1 Å². The lowest BCUT2D eigenvalue weighted by atomic mass is 10.1. The molecule has 0 aliphatic heterocycles. The van der Waals surface area contributed by atoms with Gasteiger partial charge in [-0.05, 0) is 24.3 Å². The van der Waals surface area contributed by atoms with Crippen LogP contribution in [0.4, 0.5) is 0 Å². The average Bonchev–Trinajstić information content (AvgIpc) is 2.87. The Morgan fingerprint density at radius 3 is 2.50 bits per heavy atom. The molecule has 1 heterocycles. The molecule has 3 nitrogen and oxygen atoms in total. The second kappa shape index (κ2) is 5.56. The lowest BCUT2D eigenvalue weighted by Crippen LogP contribution is -1.91. The minimum Gasteiger partial charge on any atom is -0.475 e. The monoisotopic (exact) mass is 304 g/mol. The van der Waals surface area contributed by atoms with E-state index in [1.165, 1.54) is 6.07 Å². The van der Waals surface area contributed by atoms with E-state index in [1.54, 1.807) is 6.07 Å². The zero-order valence-corrected chi connectivity index (χ0v) is 10.9. The molecule has 0 saturated heterocycles. The van der Waals surface area contributed by atoms with Crippen molar-refractivity contribution in [1.82, 2.24) is 0 Å². The third-order valence-electron chi connectivity index (χ3n) is 2.29. The van der Waals surface area contributed by atoms with E-state index in [0.29, 0.717) is 11.1 Å². The summed E-state index contributed by atoms with van der Waals surface area (Å²) >= 11 is 3.23. The number of rotatable bonds is 2. The Morgan fingerprint density at radius 1 is 1.22 bits per heavy atom. The van der Waals surface area contributed by atoms with Crippen molar-refractivity contribution in [3.63, 3.8) is 0 Å². The van der Waals surface area contributed by atoms with E-state index >= 15 is 0 Å². The summed E-state index contributed by atoms with van der Waals surface area (Å²) < 4.78 is 5.21. The van der Waals surface area contributed by atoms with Crippen LogP contribution in [-0.4, -0.2) is 16.4 Å². The van der Waals surface area contributed by atoms with Crippen LogP contribution in [0, 0.1) is 11.8 Å². The maximum atomic E-state index is 10.7. The number of halogens is 1. The Bertz CT molecular complexity index is 614. The maximum absolute atomic E-state index is 10.7. The molecule has 1 N–H and O–H groups in total. The van der Waals surface area contributed by atoms with Gasteiger partial charge in [0.1, 0.15) is 5.76 Å². The van der Waals surface area contributed by atoms with Crippen molar-refractivity contribution in [2.45, 2.75) is 0 Å². The van der Waals surface area contributed by atoms with E-state index in [4.69, 9.17) is 9.52 Å². The first-order chi connectivity index (χ1) is 8.70. The molecule has 4 heteroatoms. The molecule has 1 aromatic heterocycles. The molecule has 1 aromatic carbocycles. The lowest BCUT2D eigenvalue weighted by Gasteiger charge is -1.96. The van der Waals surface area contributed by atoms with Crippen LogP contribution >= 0.6 is 15.9 Å². The van der Waals surface area contributed by atoms with Crippen LogP contribution < -0.4 is 0 Å². The molecule has 0 saturated carbocycles. The molecule has 0 aliphatic rings. The summed E-state index contributed by atoms with van der Waals surface area (Å²) in [5, 5.41) is 9.40. The molecule has 90 valence electrons. The maximum Gasteiger partial charge on any atom is 0.371 e. The van der Waals surface area contributed by atoms with Crippen molar-refractivity contribution in [2.24, 2.45) is 0 Å². The second-order valence-corrected chi connectivity index (χ2v) is 4.04. The predicted molar refractivity (Wildman–Crippen MR) is 71.8 cm³/mol. The van der Waals surface area contributed by atoms with E-state index in [9.17, 15) is 4.79 Å². The lowest BCUT2D eigenvalue weighted by molar-refractivity contribution is 0.0663. The second-order valence-electron chi connectivity index (χ2n) is 3.48. The van der Waals surface area contributed by atoms with Gasteiger partial charge < -0.3 is 9.52 Å². The van der Waals surface area contributed by atoms with Gasteiger partial charge in [-0.2, -0.15) is 0 Å². The van der Waals surface area contributed by atoms with Crippen LogP contribution in [0.2, 0.25) is 0 Å². The molecular formula is C14H9BrO3. The van der Waals surface area contributed by atoms with Gasteiger partial charge >= 0.3 is 5.97 Å². The molecule has 0 atom stereocenters. The molecule has 18 heavy (non-hydrogen) atoms. The average molecular weight is 305 g/mol. The molecule has 2 aromatic rings. The minimum atomic E-state index is -1.07. The van der Waals surface area contributed by atoms with Crippen LogP contribution in [0.25, 0.3) is 11.3 Å². The third-order valence-corrected chi connectivity index (χ3v) is 2.57. The van der Waals surface area contributed by atoms with Crippen molar-refractivity contribution in [3.05, 3.63) is 47.7 Å². The Kier molecular flexibility index (Phi) is 3.85. The van der Waals surface area contributed by atoms with Gasteiger partial charge in [0.2, 0.25) is 5.76 Å². The first-order valence-electron chi connectivity index (χ1n) is 5.19. The molecular weight excluding hydrogens is 296 g/mol. The summed E-state index contributed by atoms with van der Waals surface area (Å²) in [5.41, 5.74) is 1.73. The predicted octanol–water partition coefficient (Wildman–Crippen LogP) is 3.39. The largest absolute Gasteiger partial charge is 0.475 e. The molecule has 0 fully saturated rings. The van der Waals surface area contributed by atoms with Gasteiger partial charge in [0.15, 0.2) is 0 Å². The number of aromatic carboxylic acids is 1. The van der Waals surface area contributed by atoms with Gasteiger partial charge in [0.05, 0.1) is 5.33 Å². The molecule has 0 aliphatic carbocycles. The highest BCUT2D eigenvalue weighted by Crippen LogP contribution is 2.22. The minimum absolute atomic E-state index is 0.0619. The number of benzene rings is 1. The fourth-order valence-corrected chi connectivity index (χ4v) is 1.60. The van der Waals surface area contributed by atoms with E-state index in [1.807, 2.05) is 24.3 Å². The quantitative estimate of drug-likeness (QED) is 0.683. The molecule has 0 unspecified atom stereocenters. The van der Waals surface area contributed by atoms with Crippen LogP contribution in [-0.2, 0) is 0 Å². The van der Waals surface area contributed by atoms with Crippen molar-refractivity contribution >= 4 is 21.9 Å². The van der Waals surface area contributed by atoms with E-state index in [-0.39, 0.29) is 5.76 Å². The van der Waals surface area contributed by atoms with E-state index < -0.39 is 5.97 Å².